The van der Waals surface area contributed by atoms with Crippen molar-refractivity contribution in [1.29, 1.82) is 0 Å². The molecule has 0 bridgehead atoms. The van der Waals surface area contributed by atoms with Gasteiger partial charge in [0.25, 0.3) is 5.91 Å². The Hall–Kier alpha value is -2.48. The lowest BCUT2D eigenvalue weighted by atomic mass is 9.81. The molecular formula is C29H32Cl2N4O2S. The highest BCUT2D eigenvalue weighted by molar-refractivity contribution is 8.18. The topological polar surface area (TPSA) is 56.2 Å². The van der Waals surface area contributed by atoms with Crippen LogP contribution >= 0.6 is 35.0 Å². The number of carbonyl (C=O) groups excluding carboxylic acids is 2. The number of likely N-dealkylation sites (tertiary alicyclic amines) is 1. The van der Waals surface area contributed by atoms with Crippen molar-refractivity contribution in [2.24, 2.45) is 10.9 Å². The van der Waals surface area contributed by atoms with Gasteiger partial charge in [-0.05, 0) is 72.8 Å². The first kappa shape index (κ1) is 27.1. The van der Waals surface area contributed by atoms with Gasteiger partial charge in [0, 0.05) is 36.4 Å². The van der Waals surface area contributed by atoms with E-state index in [1.807, 2.05) is 48.5 Å². The highest BCUT2D eigenvalue weighted by Gasteiger charge is 2.54. The summed E-state index contributed by atoms with van der Waals surface area (Å²) in [6, 6.07) is 15.1. The number of amides is 2. The number of nitrogens with zero attached hydrogens (tertiary/aromatic N) is 4. The van der Waals surface area contributed by atoms with Crippen LogP contribution in [0.25, 0.3) is 0 Å². The predicted octanol–water partition coefficient (Wildman–Crippen LogP) is 6.32. The molecule has 0 radical (unpaired) electrons. The number of halogens is 2. The van der Waals surface area contributed by atoms with Crippen molar-refractivity contribution in [1.82, 2.24) is 14.7 Å². The number of carbonyl (C=O) groups is 2. The van der Waals surface area contributed by atoms with Crippen molar-refractivity contribution in [3.63, 3.8) is 0 Å². The maximum atomic E-state index is 14.1. The zero-order chi connectivity index (χ0) is 27.4. The van der Waals surface area contributed by atoms with Gasteiger partial charge in [-0.1, -0.05) is 61.3 Å². The van der Waals surface area contributed by atoms with Crippen LogP contribution < -0.4 is 0 Å². The molecule has 9 heteroatoms. The second-order valence-electron chi connectivity index (χ2n) is 10.7. The molecule has 3 atom stereocenters. The van der Waals surface area contributed by atoms with E-state index >= 15 is 0 Å². The lowest BCUT2D eigenvalue weighted by molar-refractivity contribution is -0.140. The predicted molar refractivity (Wildman–Crippen MR) is 155 cm³/mol. The number of allylic oxidation sites excluding steroid dienone is 1. The first-order valence-electron chi connectivity index (χ1n) is 12.9. The molecule has 0 aliphatic carbocycles. The second-order valence-corrected chi connectivity index (χ2v) is 12.6. The maximum Gasteiger partial charge on any atom is 0.263 e. The van der Waals surface area contributed by atoms with Gasteiger partial charge >= 0.3 is 0 Å². The third-order valence-electron chi connectivity index (χ3n) is 7.61. The van der Waals surface area contributed by atoms with Gasteiger partial charge in [0.05, 0.1) is 6.04 Å². The molecular weight excluding hydrogens is 539 g/mol. The third kappa shape index (κ3) is 4.52. The van der Waals surface area contributed by atoms with Gasteiger partial charge in [-0.2, -0.15) is 0 Å². The SMILES string of the molecule is CC(C)C1=C(C(=O)N2CCC[C@H]2C(=O)N(C)C)SC2=NC(C)(c3ccc(Cl)cc3)C(c3ccc(Cl)cc3)N21. The number of benzene rings is 2. The molecule has 0 spiro atoms. The molecule has 6 nitrogen and oxygen atoms in total. The van der Waals surface area contributed by atoms with Crippen molar-refractivity contribution in [2.45, 2.75) is 51.2 Å². The van der Waals surface area contributed by atoms with Gasteiger partial charge in [-0.3, -0.25) is 9.59 Å². The fraction of sp³-hybridized carbons (Fsp3) is 0.414. The molecule has 0 N–H and O–H groups in total. The first-order valence-corrected chi connectivity index (χ1v) is 14.4. The van der Waals surface area contributed by atoms with Gasteiger partial charge in [-0.25, -0.2) is 4.99 Å². The normalized spacial score (nSPS) is 24.8. The minimum atomic E-state index is -0.619. The van der Waals surface area contributed by atoms with E-state index in [-0.39, 0.29) is 23.8 Å². The van der Waals surface area contributed by atoms with Crippen LogP contribution in [0.2, 0.25) is 10.0 Å². The fourth-order valence-corrected chi connectivity index (χ4v) is 7.37. The second kappa shape index (κ2) is 10.2. The summed E-state index contributed by atoms with van der Waals surface area (Å²) in [5, 5.41) is 2.13. The number of fused-ring (bicyclic) bond motifs is 1. The Morgan fingerprint density at radius 3 is 2.24 bits per heavy atom. The van der Waals surface area contributed by atoms with Crippen LogP contribution in [0, 0.1) is 5.92 Å². The highest BCUT2D eigenvalue weighted by atomic mass is 35.5. The van der Waals surface area contributed by atoms with Crippen LogP contribution in [-0.4, -0.2) is 58.4 Å². The molecule has 5 rings (SSSR count). The summed E-state index contributed by atoms with van der Waals surface area (Å²) >= 11 is 13.9. The zero-order valence-corrected chi connectivity index (χ0v) is 24.6. The molecule has 3 aliphatic heterocycles. The molecule has 2 unspecified atom stereocenters. The van der Waals surface area contributed by atoms with Crippen molar-refractivity contribution in [3.8, 4) is 0 Å². The molecule has 1 fully saturated rings. The minimum Gasteiger partial charge on any atom is -0.347 e. The van der Waals surface area contributed by atoms with Gasteiger partial charge in [0.15, 0.2) is 5.17 Å². The number of hydrogen-bond acceptors (Lipinski definition) is 5. The smallest absolute Gasteiger partial charge is 0.263 e. The van der Waals surface area contributed by atoms with Crippen LogP contribution in [-0.2, 0) is 15.1 Å². The molecule has 2 aromatic carbocycles. The number of hydrogen-bond donors (Lipinski definition) is 0. The van der Waals surface area contributed by atoms with Gasteiger partial charge < -0.3 is 14.7 Å². The first-order chi connectivity index (χ1) is 18.0. The van der Waals surface area contributed by atoms with Crippen molar-refractivity contribution in [2.75, 3.05) is 20.6 Å². The van der Waals surface area contributed by atoms with Crippen molar-refractivity contribution >= 4 is 51.9 Å². The minimum absolute atomic E-state index is 0.0299. The van der Waals surface area contributed by atoms with Gasteiger partial charge in [0.1, 0.15) is 16.5 Å². The van der Waals surface area contributed by atoms with E-state index in [9.17, 15) is 9.59 Å². The fourth-order valence-electron chi connectivity index (χ4n) is 5.76. The summed E-state index contributed by atoms with van der Waals surface area (Å²) in [7, 11) is 3.48. The van der Waals surface area contributed by atoms with Crippen LogP contribution in [0.15, 0.2) is 64.1 Å². The molecule has 2 amide bonds. The number of thioether (sulfide) groups is 1. The Morgan fingerprint density at radius 2 is 1.66 bits per heavy atom. The average Bonchev–Trinajstić information content (AvgIpc) is 3.57. The summed E-state index contributed by atoms with van der Waals surface area (Å²) in [6.07, 6.45) is 1.50. The van der Waals surface area contributed by atoms with E-state index in [2.05, 4.69) is 25.7 Å². The van der Waals surface area contributed by atoms with Crippen LogP contribution in [0.1, 0.15) is 50.8 Å². The Bertz CT molecular complexity index is 1320. The molecule has 0 aromatic heterocycles. The lowest BCUT2D eigenvalue weighted by Crippen LogP contribution is -2.46. The Kier molecular flexibility index (Phi) is 7.31. The Morgan fingerprint density at radius 1 is 1.05 bits per heavy atom. The summed E-state index contributed by atoms with van der Waals surface area (Å²) in [6.45, 7) is 6.92. The molecule has 38 heavy (non-hydrogen) atoms. The monoisotopic (exact) mass is 570 g/mol. The number of rotatable bonds is 5. The summed E-state index contributed by atoms with van der Waals surface area (Å²) in [5.74, 6) is -0.0589. The summed E-state index contributed by atoms with van der Waals surface area (Å²) in [5.41, 5.74) is 2.42. The number of aliphatic imine (C=N–C) groups is 1. The van der Waals surface area contributed by atoms with Crippen LogP contribution in [0.4, 0.5) is 0 Å². The van der Waals surface area contributed by atoms with Crippen LogP contribution in [0.3, 0.4) is 0 Å². The Labute approximate surface area is 238 Å². The van der Waals surface area contributed by atoms with E-state index in [1.54, 1.807) is 23.9 Å². The quantitative estimate of drug-likeness (QED) is 0.422. The lowest BCUT2D eigenvalue weighted by Gasteiger charge is -2.37. The van der Waals surface area contributed by atoms with Gasteiger partial charge in [-0.15, -0.1) is 0 Å². The standard InChI is InChI=1S/C29H32Cl2N4O2S/c1-17(2)23-24(27(37)34-16-6-7-22(34)26(36)33(4)5)38-28-32-29(3,19-10-14-21(31)15-11-19)25(35(23)28)18-8-12-20(30)13-9-18/h8-15,17,22,25H,6-7,16H2,1-5H3/t22-,25?,29?/m0/s1. The van der Waals surface area contributed by atoms with E-state index < -0.39 is 11.6 Å². The van der Waals surface area contributed by atoms with Gasteiger partial charge in [0.2, 0.25) is 5.91 Å². The van der Waals surface area contributed by atoms with Crippen molar-refractivity contribution < 1.29 is 9.59 Å². The molecule has 1 saturated heterocycles. The van der Waals surface area contributed by atoms with Crippen LogP contribution in [0.5, 0.6) is 0 Å². The van der Waals surface area contributed by atoms with E-state index in [0.29, 0.717) is 27.9 Å². The zero-order valence-electron chi connectivity index (χ0n) is 22.2. The molecule has 200 valence electrons. The Balaban J connectivity index is 1.61. The molecule has 3 heterocycles. The third-order valence-corrected chi connectivity index (χ3v) is 9.17. The molecule has 0 saturated carbocycles. The summed E-state index contributed by atoms with van der Waals surface area (Å²) < 4.78 is 0. The van der Waals surface area contributed by atoms with E-state index in [4.69, 9.17) is 28.2 Å². The average molecular weight is 572 g/mol. The largest absolute Gasteiger partial charge is 0.347 e. The molecule has 3 aliphatic rings. The molecule has 2 aromatic rings. The van der Waals surface area contributed by atoms with E-state index in [1.165, 1.54) is 11.8 Å². The highest BCUT2D eigenvalue weighted by Crippen LogP contribution is 2.56. The summed E-state index contributed by atoms with van der Waals surface area (Å²) in [4.78, 5) is 38.4. The van der Waals surface area contributed by atoms with E-state index in [0.717, 1.165) is 28.4 Å². The number of likely N-dealkylation sites (N-methyl/N-ethyl adjacent to an activating group) is 1. The van der Waals surface area contributed by atoms with Crippen molar-refractivity contribution in [3.05, 3.63) is 80.3 Å². The maximum absolute atomic E-state index is 14.1. The number of amidine groups is 1.